The normalized spacial score (nSPS) is 10.2. The van der Waals surface area contributed by atoms with Gasteiger partial charge in [0.15, 0.2) is 11.5 Å². The number of nitrogens with one attached hydrogen (secondary N) is 2. The summed E-state index contributed by atoms with van der Waals surface area (Å²) >= 11 is 0. The summed E-state index contributed by atoms with van der Waals surface area (Å²) in [6.07, 6.45) is 0.386. The van der Waals surface area contributed by atoms with Gasteiger partial charge in [0.05, 0.1) is 27.9 Å². The average molecular weight is 324 g/mol. The van der Waals surface area contributed by atoms with Crippen LogP contribution in [0.2, 0.25) is 0 Å². The number of anilines is 1. The summed E-state index contributed by atoms with van der Waals surface area (Å²) in [5.74, 6) is 1.07. The van der Waals surface area contributed by atoms with Crippen LogP contribution in [0.5, 0.6) is 17.2 Å². The lowest BCUT2D eigenvalue weighted by Gasteiger charge is -2.14. The molecule has 0 saturated carbocycles. The van der Waals surface area contributed by atoms with E-state index in [2.05, 4.69) is 10.6 Å². The van der Waals surface area contributed by atoms with Crippen LogP contribution in [0.3, 0.4) is 0 Å². The molecule has 0 aromatic heterocycles. The van der Waals surface area contributed by atoms with Crippen LogP contribution in [-0.4, -0.2) is 39.7 Å². The fraction of sp³-hybridized carbons (Fsp3) is 0.500. The van der Waals surface area contributed by atoms with Crippen molar-refractivity contribution in [3.8, 4) is 17.2 Å². The van der Waals surface area contributed by atoms with Crippen LogP contribution in [0.15, 0.2) is 12.1 Å². The minimum atomic E-state index is -0.337. The van der Waals surface area contributed by atoms with E-state index in [1.165, 1.54) is 21.3 Å². The molecule has 2 N–H and O–H groups in total. The zero-order valence-electron chi connectivity index (χ0n) is 14.2. The largest absolute Gasteiger partial charge is 0.493 e. The standard InChI is InChI=1S/C16H24N2O5/c1-10(2)6-14(19)17-9-15(20)18-11-7-12(21-3)16(23-5)13(8-11)22-4/h7-8,10H,6,9H2,1-5H3,(H,17,19)(H,18,20). The van der Waals surface area contributed by atoms with Crippen LogP contribution in [0.4, 0.5) is 5.69 Å². The van der Waals surface area contributed by atoms with Crippen molar-refractivity contribution in [3.63, 3.8) is 0 Å². The van der Waals surface area contributed by atoms with E-state index in [0.29, 0.717) is 29.4 Å². The van der Waals surface area contributed by atoms with Gasteiger partial charge < -0.3 is 24.8 Å². The van der Waals surface area contributed by atoms with Gasteiger partial charge in [-0.3, -0.25) is 9.59 Å². The van der Waals surface area contributed by atoms with Crippen molar-refractivity contribution in [2.45, 2.75) is 20.3 Å². The predicted molar refractivity (Wildman–Crippen MR) is 87.2 cm³/mol. The topological polar surface area (TPSA) is 85.9 Å². The number of benzene rings is 1. The molecule has 7 nitrogen and oxygen atoms in total. The van der Waals surface area contributed by atoms with Gasteiger partial charge in [-0.05, 0) is 5.92 Å². The molecule has 0 fully saturated rings. The van der Waals surface area contributed by atoms with Gasteiger partial charge in [0.2, 0.25) is 17.6 Å². The van der Waals surface area contributed by atoms with E-state index in [1.54, 1.807) is 12.1 Å². The van der Waals surface area contributed by atoms with Gasteiger partial charge >= 0.3 is 0 Å². The fourth-order valence-corrected chi connectivity index (χ4v) is 1.98. The number of amides is 2. The minimum Gasteiger partial charge on any atom is -0.493 e. The molecule has 1 rings (SSSR count). The maximum Gasteiger partial charge on any atom is 0.243 e. The summed E-state index contributed by atoms with van der Waals surface area (Å²) in [7, 11) is 4.49. The first-order valence-electron chi connectivity index (χ1n) is 7.27. The highest BCUT2D eigenvalue weighted by atomic mass is 16.5. The molecule has 1 aromatic carbocycles. The highest BCUT2D eigenvalue weighted by molar-refractivity contribution is 5.95. The number of hydrogen-bond acceptors (Lipinski definition) is 5. The van der Waals surface area contributed by atoms with Crippen LogP contribution in [0.1, 0.15) is 20.3 Å². The maximum absolute atomic E-state index is 11.9. The Hall–Kier alpha value is -2.44. The lowest BCUT2D eigenvalue weighted by atomic mass is 10.1. The van der Waals surface area contributed by atoms with Crippen LogP contribution >= 0.6 is 0 Å². The summed E-state index contributed by atoms with van der Waals surface area (Å²) in [5, 5.41) is 5.26. The van der Waals surface area contributed by atoms with E-state index in [-0.39, 0.29) is 24.3 Å². The zero-order chi connectivity index (χ0) is 17.4. The molecule has 23 heavy (non-hydrogen) atoms. The molecule has 2 amide bonds. The molecule has 0 atom stereocenters. The van der Waals surface area contributed by atoms with Gasteiger partial charge in [-0.1, -0.05) is 13.8 Å². The Kier molecular flexibility index (Phi) is 7.18. The lowest BCUT2D eigenvalue weighted by molar-refractivity contribution is -0.124. The van der Waals surface area contributed by atoms with Crippen molar-refractivity contribution in [1.29, 1.82) is 0 Å². The number of ether oxygens (including phenoxy) is 3. The third-order valence-electron chi connectivity index (χ3n) is 2.99. The summed E-state index contributed by atoms with van der Waals surface area (Å²) in [6, 6.07) is 3.24. The van der Waals surface area contributed by atoms with Crippen molar-refractivity contribution in [3.05, 3.63) is 12.1 Å². The molecule has 0 aliphatic rings. The molecule has 0 aliphatic heterocycles. The van der Waals surface area contributed by atoms with E-state index in [9.17, 15) is 9.59 Å². The smallest absolute Gasteiger partial charge is 0.243 e. The third kappa shape index (κ3) is 5.69. The van der Waals surface area contributed by atoms with Crippen molar-refractivity contribution < 1.29 is 23.8 Å². The molecule has 0 aliphatic carbocycles. The number of rotatable bonds is 8. The van der Waals surface area contributed by atoms with Crippen molar-refractivity contribution in [2.75, 3.05) is 33.2 Å². The molecule has 0 heterocycles. The maximum atomic E-state index is 11.9. The second-order valence-corrected chi connectivity index (χ2v) is 5.34. The Morgan fingerprint density at radius 3 is 2.00 bits per heavy atom. The Morgan fingerprint density at radius 1 is 1.00 bits per heavy atom. The Morgan fingerprint density at radius 2 is 1.57 bits per heavy atom. The van der Waals surface area contributed by atoms with Gasteiger partial charge in [0.1, 0.15) is 0 Å². The Bertz CT molecular complexity index is 532. The van der Waals surface area contributed by atoms with E-state index in [0.717, 1.165) is 0 Å². The molecule has 1 aromatic rings. The number of methoxy groups -OCH3 is 3. The third-order valence-corrected chi connectivity index (χ3v) is 2.99. The van der Waals surface area contributed by atoms with Crippen LogP contribution in [0, 0.1) is 5.92 Å². The molecular weight excluding hydrogens is 300 g/mol. The average Bonchev–Trinajstić information content (AvgIpc) is 2.51. The molecule has 128 valence electrons. The summed E-state index contributed by atoms with van der Waals surface area (Å²) in [4.78, 5) is 23.5. The highest BCUT2D eigenvalue weighted by Gasteiger charge is 2.15. The van der Waals surface area contributed by atoms with Gasteiger partial charge in [-0.2, -0.15) is 0 Å². The molecule has 0 unspecified atom stereocenters. The molecular formula is C16H24N2O5. The van der Waals surface area contributed by atoms with E-state index >= 15 is 0 Å². The molecule has 0 bridgehead atoms. The van der Waals surface area contributed by atoms with Crippen molar-refractivity contribution >= 4 is 17.5 Å². The van der Waals surface area contributed by atoms with E-state index < -0.39 is 0 Å². The van der Waals surface area contributed by atoms with Crippen molar-refractivity contribution in [1.82, 2.24) is 5.32 Å². The predicted octanol–water partition coefficient (Wildman–Crippen LogP) is 1.81. The van der Waals surface area contributed by atoms with Crippen LogP contribution in [-0.2, 0) is 9.59 Å². The summed E-state index contributed by atoms with van der Waals surface area (Å²) in [6.45, 7) is 3.79. The molecule has 0 saturated heterocycles. The van der Waals surface area contributed by atoms with E-state index in [4.69, 9.17) is 14.2 Å². The minimum absolute atomic E-state index is 0.0950. The van der Waals surface area contributed by atoms with E-state index in [1.807, 2.05) is 13.8 Å². The molecule has 0 spiro atoms. The van der Waals surface area contributed by atoms with Gasteiger partial charge in [-0.15, -0.1) is 0 Å². The molecule has 7 heteroatoms. The number of carbonyl (C=O) groups is 2. The second-order valence-electron chi connectivity index (χ2n) is 5.34. The first-order valence-corrected chi connectivity index (χ1v) is 7.27. The Balaban J connectivity index is 2.73. The number of hydrogen-bond donors (Lipinski definition) is 2. The van der Waals surface area contributed by atoms with Gasteiger partial charge in [-0.25, -0.2) is 0 Å². The summed E-state index contributed by atoms with van der Waals surface area (Å²) < 4.78 is 15.6. The number of carbonyl (C=O) groups excluding carboxylic acids is 2. The fourth-order valence-electron chi connectivity index (χ4n) is 1.98. The first-order chi connectivity index (χ1) is 10.9. The van der Waals surface area contributed by atoms with Crippen LogP contribution in [0.25, 0.3) is 0 Å². The quantitative estimate of drug-likeness (QED) is 0.762. The SMILES string of the molecule is COc1cc(NC(=O)CNC(=O)CC(C)C)cc(OC)c1OC. The molecule has 0 radical (unpaired) electrons. The first kappa shape index (κ1) is 18.6. The monoisotopic (exact) mass is 324 g/mol. The second kappa shape index (κ2) is 8.87. The van der Waals surface area contributed by atoms with Crippen LogP contribution < -0.4 is 24.8 Å². The zero-order valence-corrected chi connectivity index (χ0v) is 14.2. The highest BCUT2D eigenvalue weighted by Crippen LogP contribution is 2.39. The van der Waals surface area contributed by atoms with Gasteiger partial charge in [0.25, 0.3) is 0 Å². The Labute approximate surface area is 136 Å². The van der Waals surface area contributed by atoms with Crippen molar-refractivity contribution in [2.24, 2.45) is 5.92 Å². The summed E-state index contributed by atoms with van der Waals surface area (Å²) in [5.41, 5.74) is 0.489. The van der Waals surface area contributed by atoms with Gasteiger partial charge in [0, 0.05) is 24.2 Å². The lowest BCUT2D eigenvalue weighted by Crippen LogP contribution is -2.33.